The number of nitrogens with two attached hydrogens (primary N) is 1. The van der Waals surface area contributed by atoms with Crippen LogP contribution in [0, 0.1) is 6.92 Å². The number of pyridine rings is 1. The van der Waals surface area contributed by atoms with Crippen molar-refractivity contribution in [2.75, 3.05) is 0 Å². The zero-order valence-corrected chi connectivity index (χ0v) is 6.86. The van der Waals surface area contributed by atoms with Gasteiger partial charge in [0, 0.05) is 12.7 Å². The third-order valence-corrected chi connectivity index (χ3v) is 1.87. The number of hydrogen-bond acceptors (Lipinski definition) is 3. The van der Waals surface area contributed by atoms with Gasteiger partial charge in [-0.2, -0.15) is 0 Å². The van der Waals surface area contributed by atoms with Crippen molar-refractivity contribution in [2.24, 2.45) is 5.73 Å². The van der Waals surface area contributed by atoms with Gasteiger partial charge in [0.05, 0.1) is 0 Å². The van der Waals surface area contributed by atoms with E-state index in [0.717, 1.165) is 17.0 Å². The van der Waals surface area contributed by atoms with Crippen LogP contribution in [0.2, 0.25) is 0 Å². The average molecular weight is 162 g/mol. The van der Waals surface area contributed by atoms with Gasteiger partial charge in [0.2, 0.25) is 0 Å². The minimum absolute atomic E-state index is 0.549. The van der Waals surface area contributed by atoms with E-state index in [1.54, 1.807) is 0 Å². The van der Waals surface area contributed by atoms with Gasteiger partial charge in [-0.1, -0.05) is 6.07 Å². The van der Waals surface area contributed by atoms with Crippen molar-refractivity contribution in [1.82, 2.24) is 14.6 Å². The molecule has 12 heavy (non-hydrogen) atoms. The summed E-state index contributed by atoms with van der Waals surface area (Å²) in [7, 11) is 0. The summed E-state index contributed by atoms with van der Waals surface area (Å²) < 4.78 is 1.93. The minimum atomic E-state index is 0.549. The van der Waals surface area contributed by atoms with E-state index < -0.39 is 0 Å². The molecule has 2 rings (SSSR count). The van der Waals surface area contributed by atoms with Crippen LogP contribution >= 0.6 is 0 Å². The van der Waals surface area contributed by atoms with Gasteiger partial charge in [-0.25, -0.2) is 0 Å². The van der Waals surface area contributed by atoms with Crippen molar-refractivity contribution in [3.63, 3.8) is 0 Å². The summed E-state index contributed by atoms with van der Waals surface area (Å²) in [6.07, 6.45) is 1.96. The lowest BCUT2D eigenvalue weighted by Gasteiger charge is -1.97. The largest absolute Gasteiger partial charge is 0.326 e. The number of aryl methyl sites for hydroxylation is 1. The molecule has 4 heteroatoms. The SMILES string of the molecule is Cc1nnc2ccc(CN)cn12. The smallest absolute Gasteiger partial charge is 0.160 e. The molecule has 0 aliphatic carbocycles. The molecule has 0 aliphatic heterocycles. The van der Waals surface area contributed by atoms with E-state index in [9.17, 15) is 0 Å². The van der Waals surface area contributed by atoms with E-state index in [1.165, 1.54) is 0 Å². The van der Waals surface area contributed by atoms with Crippen LogP contribution in [0.25, 0.3) is 5.65 Å². The van der Waals surface area contributed by atoms with Gasteiger partial charge < -0.3 is 5.73 Å². The molecule has 2 aromatic heterocycles. The number of fused-ring (bicyclic) bond motifs is 1. The summed E-state index contributed by atoms with van der Waals surface area (Å²) in [5.41, 5.74) is 7.46. The first kappa shape index (κ1) is 7.24. The Morgan fingerprint density at radius 2 is 2.25 bits per heavy atom. The third-order valence-electron chi connectivity index (χ3n) is 1.87. The molecule has 0 saturated carbocycles. The van der Waals surface area contributed by atoms with Gasteiger partial charge in [-0.3, -0.25) is 4.40 Å². The highest BCUT2D eigenvalue weighted by atomic mass is 15.2. The van der Waals surface area contributed by atoms with E-state index in [1.807, 2.05) is 29.7 Å². The van der Waals surface area contributed by atoms with E-state index in [0.29, 0.717) is 6.54 Å². The monoisotopic (exact) mass is 162 g/mol. The number of rotatable bonds is 1. The van der Waals surface area contributed by atoms with E-state index in [2.05, 4.69) is 10.2 Å². The Morgan fingerprint density at radius 1 is 1.42 bits per heavy atom. The second-order valence-corrected chi connectivity index (χ2v) is 2.72. The summed E-state index contributed by atoms with van der Waals surface area (Å²) in [5.74, 6) is 0.889. The van der Waals surface area contributed by atoms with Crippen LogP contribution in [0.4, 0.5) is 0 Å². The van der Waals surface area contributed by atoms with Crippen LogP contribution in [0.5, 0.6) is 0 Å². The molecular formula is C8H10N4. The first-order valence-corrected chi connectivity index (χ1v) is 3.81. The molecule has 0 aliphatic rings. The molecule has 0 saturated heterocycles. The van der Waals surface area contributed by atoms with E-state index in [-0.39, 0.29) is 0 Å². The number of nitrogens with zero attached hydrogens (tertiary/aromatic N) is 3. The Balaban J connectivity index is 2.71. The molecule has 0 aromatic carbocycles. The van der Waals surface area contributed by atoms with Crippen LogP contribution < -0.4 is 5.73 Å². The highest BCUT2D eigenvalue weighted by Crippen LogP contribution is 2.05. The van der Waals surface area contributed by atoms with Gasteiger partial charge >= 0.3 is 0 Å². The van der Waals surface area contributed by atoms with Gasteiger partial charge in [0.15, 0.2) is 5.65 Å². The molecule has 4 nitrogen and oxygen atoms in total. The normalized spacial score (nSPS) is 10.8. The molecule has 0 atom stereocenters. The molecule has 0 spiro atoms. The molecule has 0 radical (unpaired) electrons. The Hall–Kier alpha value is -1.42. The fourth-order valence-electron chi connectivity index (χ4n) is 1.17. The molecule has 2 heterocycles. The predicted octanol–water partition coefficient (Wildman–Crippen LogP) is 0.496. The van der Waals surface area contributed by atoms with Crippen molar-refractivity contribution < 1.29 is 0 Å². The quantitative estimate of drug-likeness (QED) is 0.664. The fourth-order valence-corrected chi connectivity index (χ4v) is 1.17. The van der Waals surface area contributed by atoms with Crippen molar-refractivity contribution in [2.45, 2.75) is 13.5 Å². The zero-order chi connectivity index (χ0) is 8.55. The van der Waals surface area contributed by atoms with Crippen molar-refractivity contribution in [1.29, 1.82) is 0 Å². The average Bonchev–Trinajstić information content (AvgIpc) is 2.47. The second kappa shape index (κ2) is 2.57. The van der Waals surface area contributed by atoms with Crippen molar-refractivity contribution >= 4 is 5.65 Å². The minimum Gasteiger partial charge on any atom is -0.326 e. The lowest BCUT2D eigenvalue weighted by Crippen LogP contribution is -1.98. The summed E-state index contributed by atoms with van der Waals surface area (Å²) in [6, 6.07) is 3.88. The molecule has 0 bridgehead atoms. The molecule has 2 N–H and O–H groups in total. The van der Waals surface area contributed by atoms with E-state index in [4.69, 9.17) is 5.73 Å². The van der Waals surface area contributed by atoms with Gasteiger partial charge in [0.1, 0.15) is 5.82 Å². The van der Waals surface area contributed by atoms with Crippen molar-refractivity contribution in [3.05, 3.63) is 29.7 Å². The topological polar surface area (TPSA) is 56.2 Å². The van der Waals surface area contributed by atoms with Crippen molar-refractivity contribution in [3.8, 4) is 0 Å². The fraction of sp³-hybridized carbons (Fsp3) is 0.250. The predicted molar refractivity (Wildman–Crippen MR) is 45.6 cm³/mol. The van der Waals surface area contributed by atoms with Crippen LogP contribution in [0.15, 0.2) is 18.3 Å². The molecule has 0 amide bonds. The lowest BCUT2D eigenvalue weighted by atomic mass is 10.3. The third kappa shape index (κ3) is 0.967. The Morgan fingerprint density at radius 3 is 3.00 bits per heavy atom. The van der Waals surface area contributed by atoms with Gasteiger partial charge in [-0.15, -0.1) is 10.2 Å². The van der Waals surface area contributed by atoms with E-state index >= 15 is 0 Å². The second-order valence-electron chi connectivity index (χ2n) is 2.72. The number of aromatic nitrogens is 3. The molecule has 62 valence electrons. The maximum Gasteiger partial charge on any atom is 0.160 e. The van der Waals surface area contributed by atoms with Gasteiger partial charge in [-0.05, 0) is 18.6 Å². The maximum absolute atomic E-state index is 5.51. The Kier molecular flexibility index (Phi) is 1.55. The summed E-state index contributed by atoms with van der Waals surface area (Å²) in [4.78, 5) is 0. The first-order valence-electron chi connectivity index (χ1n) is 3.81. The Bertz CT molecular complexity index is 404. The standard InChI is InChI=1S/C8H10N4/c1-6-10-11-8-3-2-7(4-9)5-12(6)8/h2-3,5H,4,9H2,1H3. The molecule has 2 aromatic rings. The summed E-state index contributed by atoms with van der Waals surface area (Å²) in [5, 5.41) is 7.91. The highest BCUT2D eigenvalue weighted by Gasteiger charge is 1.99. The highest BCUT2D eigenvalue weighted by molar-refractivity contribution is 5.39. The maximum atomic E-state index is 5.51. The van der Waals surface area contributed by atoms with Gasteiger partial charge in [0.25, 0.3) is 0 Å². The van der Waals surface area contributed by atoms with Crippen LogP contribution in [0.1, 0.15) is 11.4 Å². The van der Waals surface area contributed by atoms with Crippen LogP contribution in [-0.2, 0) is 6.54 Å². The van der Waals surface area contributed by atoms with Crippen LogP contribution in [0.3, 0.4) is 0 Å². The first-order chi connectivity index (χ1) is 5.81. The zero-order valence-electron chi connectivity index (χ0n) is 6.86. The van der Waals surface area contributed by atoms with Crippen LogP contribution in [-0.4, -0.2) is 14.6 Å². The number of hydrogen-bond donors (Lipinski definition) is 1. The molecule has 0 unspecified atom stereocenters. The lowest BCUT2D eigenvalue weighted by molar-refractivity contribution is 0.979. The summed E-state index contributed by atoms with van der Waals surface area (Å²) >= 11 is 0. The summed E-state index contributed by atoms with van der Waals surface area (Å²) in [6.45, 7) is 2.47. The molecule has 0 fully saturated rings. The molecular weight excluding hydrogens is 152 g/mol. The Labute approximate surface area is 70.0 Å².